The number of carbonyl (C=O) groups excluding carboxylic acids is 1. The fourth-order valence-corrected chi connectivity index (χ4v) is 1.25. The van der Waals surface area contributed by atoms with Gasteiger partial charge in [0.05, 0.1) is 0 Å². The summed E-state index contributed by atoms with van der Waals surface area (Å²) < 4.78 is 5.14. The SMILES string of the molecule is C=CSCCCC(=O)OC(C)(C)C. The molecule has 0 bridgehead atoms. The standard InChI is InChI=1S/C10H18O2S/c1-5-13-8-6-7-9(11)12-10(2,3)4/h5H,1,6-8H2,2-4H3. The van der Waals surface area contributed by atoms with Crippen LogP contribution in [0.1, 0.15) is 33.6 Å². The normalized spacial score (nSPS) is 11.0. The average Bonchev–Trinajstić information content (AvgIpc) is 1.94. The van der Waals surface area contributed by atoms with Crippen molar-refractivity contribution in [1.82, 2.24) is 0 Å². The maximum atomic E-state index is 11.2. The summed E-state index contributed by atoms with van der Waals surface area (Å²) in [7, 11) is 0. The second-order valence-electron chi connectivity index (χ2n) is 3.73. The third-order valence-corrected chi connectivity index (χ3v) is 1.94. The molecule has 0 amide bonds. The summed E-state index contributed by atoms with van der Waals surface area (Å²) in [6.45, 7) is 9.22. The molecular weight excluding hydrogens is 184 g/mol. The van der Waals surface area contributed by atoms with Crippen LogP contribution in [0.2, 0.25) is 0 Å². The Morgan fingerprint density at radius 3 is 2.62 bits per heavy atom. The highest BCUT2D eigenvalue weighted by atomic mass is 32.2. The number of rotatable bonds is 5. The molecule has 0 spiro atoms. The van der Waals surface area contributed by atoms with Crippen molar-refractivity contribution in [1.29, 1.82) is 0 Å². The number of hydrogen-bond acceptors (Lipinski definition) is 3. The molecule has 3 heteroatoms. The van der Waals surface area contributed by atoms with Crippen LogP contribution in [0.5, 0.6) is 0 Å². The van der Waals surface area contributed by atoms with Gasteiger partial charge >= 0.3 is 5.97 Å². The van der Waals surface area contributed by atoms with E-state index in [1.165, 1.54) is 0 Å². The summed E-state index contributed by atoms with van der Waals surface area (Å²) in [5.41, 5.74) is -0.358. The Morgan fingerprint density at radius 2 is 2.15 bits per heavy atom. The number of esters is 1. The number of ether oxygens (including phenoxy) is 1. The Hall–Kier alpha value is -0.440. The van der Waals surface area contributed by atoms with Gasteiger partial charge in [0.1, 0.15) is 5.60 Å². The van der Waals surface area contributed by atoms with Crippen LogP contribution in [0.25, 0.3) is 0 Å². The lowest BCUT2D eigenvalue weighted by Crippen LogP contribution is -2.23. The summed E-state index contributed by atoms with van der Waals surface area (Å²) in [5, 5.41) is 1.79. The number of hydrogen-bond donors (Lipinski definition) is 0. The highest BCUT2D eigenvalue weighted by molar-refractivity contribution is 8.02. The van der Waals surface area contributed by atoms with E-state index in [9.17, 15) is 4.79 Å². The van der Waals surface area contributed by atoms with Crippen LogP contribution in [-0.2, 0) is 9.53 Å². The fraction of sp³-hybridized carbons (Fsp3) is 0.700. The van der Waals surface area contributed by atoms with E-state index in [4.69, 9.17) is 4.74 Å². The molecule has 0 heterocycles. The second-order valence-corrected chi connectivity index (χ2v) is 4.80. The van der Waals surface area contributed by atoms with E-state index < -0.39 is 0 Å². The van der Waals surface area contributed by atoms with Crippen LogP contribution in [0.4, 0.5) is 0 Å². The molecule has 0 aliphatic heterocycles. The summed E-state index contributed by atoms with van der Waals surface area (Å²) in [6, 6.07) is 0. The monoisotopic (exact) mass is 202 g/mol. The highest BCUT2D eigenvalue weighted by Crippen LogP contribution is 2.10. The van der Waals surface area contributed by atoms with E-state index in [0.717, 1.165) is 12.2 Å². The predicted octanol–water partition coefficient (Wildman–Crippen LogP) is 2.99. The van der Waals surface area contributed by atoms with E-state index in [2.05, 4.69) is 6.58 Å². The minimum Gasteiger partial charge on any atom is -0.460 e. The molecule has 0 aliphatic carbocycles. The Kier molecular flexibility index (Phi) is 5.88. The maximum absolute atomic E-state index is 11.2. The predicted molar refractivity (Wildman–Crippen MR) is 57.7 cm³/mol. The Morgan fingerprint density at radius 1 is 1.54 bits per heavy atom. The molecule has 0 aromatic heterocycles. The zero-order chi connectivity index (χ0) is 10.3. The summed E-state index contributed by atoms with van der Waals surface area (Å²) in [5.74, 6) is 0.820. The zero-order valence-corrected chi connectivity index (χ0v) is 9.45. The molecule has 76 valence electrons. The Labute approximate surface area is 84.7 Å². The highest BCUT2D eigenvalue weighted by Gasteiger charge is 2.15. The average molecular weight is 202 g/mol. The topological polar surface area (TPSA) is 26.3 Å². The first-order chi connectivity index (χ1) is 5.95. The van der Waals surface area contributed by atoms with Gasteiger partial charge in [-0.1, -0.05) is 6.58 Å². The molecule has 13 heavy (non-hydrogen) atoms. The molecule has 0 fully saturated rings. The molecule has 0 atom stereocenters. The van der Waals surface area contributed by atoms with Crippen molar-refractivity contribution in [3.8, 4) is 0 Å². The van der Waals surface area contributed by atoms with E-state index in [-0.39, 0.29) is 11.6 Å². The number of carbonyl (C=O) groups is 1. The van der Waals surface area contributed by atoms with Gasteiger partial charge in [-0.05, 0) is 38.4 Å². The van der Waals surface area contributed by atoms with Crippen molar-refractivity contribution in [2.24, 2.45) is 0 Å². The Bertz CT molecular complexity index is 170. The van der Waals surface area contributed by atoms with Gasteiger partial charge in [-0.15, -0.1) is 11.8 Å². The lowest BCUT2D eigenvalue weighted by molar-refractivity contribution is -0.154. The first kappa shape index (κ1) is 12.6. The fourth-order valence-electron chi connectivity index (χ4n) is 0.776. The second kappa shape index (κ2) is 6.08. The van der Waals surface area contributed by atoms with Gasteiger partial charge in [0, 0.05) is 6.42 Å². The molecule has 0 N–H and O–H groups in total. The molecule has 0 aromatic rings. The molecule has 0 rings (SSSR count). The van der Waals surface area contributed by atoms with Gasteiger partial charge in [0.25, 0.3) is 0 Å². The van der Waals surface area contributed by atoms with E-state index in [0.29, 0.717) is 6.42 Å². The quantitative estimate of drug-likeness (QED) is 0.506. The molecular formula is C10H18O2S. The largest absolute Gasteiger partial charge is 0.460 e. The molecule has 0 unspecified atom stereocenters. The van der Waals surface area contributed by atoms with Crippen molar-refractivity contribution in [3.05, 3.63) is 12.0 Å². The molecule has 0 aliphatic rings. The third kappa shape index (κ3) is 9.47. The summed E-state index contributed by atoms with van der Waals surface area (Å²) in [6.07, 6.45) is 1.35. The summed E-state index contributed by atoms with van der Waals surface area (Å²) >= 11 is 1.62. The van der Waals surface area contributed by atoms with E-state index >= 15 is 0 Å². The van der Waals surface area contributed by atoms with Gasteiger partial charge in [-0.3, -0.25) is 4.79 Å². The van der Waals surface area contributed by atoms with Crippen molar-refractivity contribution in [2.75, 3.05) is 5.75 Å². The van der Waals surface area contributed by atoms with E-state index in [1.807, 2.05) is 20.8 Å². The molecule has 0 saturated carbocycles. The van der Waals surface area contributed by atoms with E-state index in [1.54, 1.807) is 17.2 Å². The Balaban J connectivity index is 3.47. The van der Waals surface area contributed by atoms with Crippen LogP contribution in [-0.4, -0.2) is 17.3 Å². The van der Waals surface area contributed by atoms with Crippen LogP contribution in [0.3, 0.4) is 0 Å². The molecule has 2 nitrogen and oxygen atoms in total. The van der Waals surface area contributed by atoms with Crippen molar-refractivity contribution in [2.45, 2.75) is 39.2 Å². The summed E-state index contributed by atoms with van der Waals surface area (Å²) in [4.78, 5) is 11.2. The number of thioether (sulfide) groups is 1. The van der Waals surface area contributed by atoms with Crippen LogP contribution < -0.4 is 0 Å². The zero-order valence-electron chi connectivity index (χ0n) is 8.63. The van der Waals surface area contributed by atoms with Gasteiger partial charge in [0.15, 0.2) is 0 Å². The van der Waals surface area contributed by atoms with Gasteiger partial charge in [0.2, 0.25) is 0 Å². The lowest BCUT2D eigenvalue weighted by atomic mass is 10.2. The van der Waals surface area contributed by atoms with Gasteiger partial charge < -0.3 is 4.74 Å². The van der Waals surface area contributed by atoms with Crippen LogP contribution in [0.15, 0.2) is 12.0 Å². The first-order valence-corrected chi connectivity index (χ1v) is 5.45. The molecule has 0 radical (unpaired) electrons. The maximum Gasteiger partial charge on any atom is 0.306 e. The van der Waals surface area contributed by atoms with Crippen molar-refractivity contribution in [3.63, 3.8) is 0 Å². The first-order valence-electron chi connectivity index (χ1n) is 4.40. The third-order valence-electron chi connectivity index (χ3n) is 1.18. The lowest BCUT2D eigenvalue weighted by Gasteiger charge is -2.19. The van der Waals surface area contributed by atoms with Crippen LogP contribution in [0, 0.1) is 0 Å². The molecule has 0 aromatic carbocycles. The van der Waals surface area contributed by atoms with Crippen molar-refractivity contribution >= 4 is 17.7 Å². The van der Waals surface area contributed by atoms with Crippen LogP contribution >= 0.6 is 11.8 Å². The minimum atomic E-state index is -0.358. The minimum absolute atomic E-state index is 0.114. The molecule has 0 saturated heterocycles. The van der Waals surface area contributed by atoms with Crippen molar-refractivity contribution < 1.29 is 9.53 Å². The van der Waals surface area contributed by atoms with Gasteiger partial charge in [-0.2, -0.15) is 0 Å². The smallest absolute Gasteiger partial charge is 0.306 e. The van der Waals surface area contributed by atoms with Gasteiger partial charge in [-0.25, -0.2) is 0 Å².